The molecule has 0 bridgehead atoms. The van der Waals surface area contributed by atoms with Crippen LogP contribution in [0.2, 0.25) is 0 Å². The van der Waals surface area contributed by atoms with Gasteiger partial charge in [-0.25, -0.2) is 0 Å². The Morgan fingerprint density at radius 1 is 1.03 bits per heavy atom. The first-order chi connectivity index (χ1) is 16.0. The van der Waals surface area contributed by atoms with Crippen LogP contribution in [-0.2, 0) is 13.0 Å². The molecule has 2 aromatic heterocycles. The topological polar surface area (TPSA) is 68.3 Å². The van der Waals surface area contributed by atoms with Gasteiger partial charge in [-0.1, -0.05) is 65.3 Å². The molecule has 0 atom stereocenters. The fourth-order valence-electron chi connectivity index (χ4n) is 3.80. The van der Waals surface area contributed by atoms with E-state index in [-0.39, 0.29) is 17.0 Å². The van der Waals surface area contributed by atoms with Crippen LogP contribution in [0.4, 0.5) is 0 Å². The Balaban J connectivity index is 1.36. The van der Waals surface area contributed by atoms with Crippen LogP contribution < -0.4 is 5.56 Å². The van der Waals surface area contributed by atoms with Gasteiger partial charge in [0.2, 0.25) is 0 Å². The van der Waals surface area contributed by atoms with E-state index in [0.717, 1.165) is 28.1 Å². The lowest BCUT2D eigenvalue weighted by atomic mass is 10.1. The van der Waals surface area contributed by atoms with Crippen molar-refractivity contribution >= 4 is 5.91 Å². The molecule has 6 nitrogen and oxygen atoms in total. The van der Waals surface area contributed by atoms with Crippen LogP contribution in [0.1, 0.15) is 33.7 Å². The number of carbonyl (C=O) groups is 1. The summed E-state index contributed by atoms with van der Waals surface area (Å²) in [4.78, 5) is 27.4. The van der Waals surface area contributed by atoms with Crippen LogP contribution in [0, 0.1) is 6.92 Å². The molecule has 4 aromatic rings. The van der Waals surface area contributed by atoms with Crippen LogP contribution in [0.15, 0.2) is 88.3 Å². The second-order valence-electron chi connectivity index (χ2n) is 8.22. The van der Waals surface area contributed by atoms with E-state index in [1.165, 1.54) is 0 Å². The molecule has 33 heavy (non-hydrogen) atoms. The second-order valence-corrected chi connectivity index (χ2v) is 8.22. The Bertz CT molecular complexity index is 1290. The van der Waals surface area contributed by atoms with E-state index < -0.39 is 0 Å². The number of nitrogens with zero attached hydrogens (tertiary/aromatic N) is 3. The summed E-state index contributed by atoms with van der Waals surface area (Å²) in [6.45, 7) is 2.95. The zero-order valence-electron chi connectivity index (χ0n) is 18.9. The average molecular weight is 442 g/mol. The summed E-state index contributed by atoms with van der Waals surface area (Å²) in [5.41, 5.74) is 3.86. The van der Waals surface area contributed by atoms with Gasteiger partial charge in [-0.3, -0.25) is 9.59 Å². The van der Waals surface area contributed by atoms with Crippen LogP contribution in [-0.4, -0.2) is 34.1 Å². The Morgan fingerprint density at radius 3 is 2.64 bits per heavy atom. The highest BCUT2D eigenvalue weighted by atomic mass is 16.5. The number of hydrogen-bond donors (Lipinski definition) is 0. The highest BCUT2D eigenvalue weighted by Crippen LogP contribution is 2.19. The van der Waals surface area contributed by atoms with E-state index in [9.17, 15) is 9.59 Å². The summed E-state index contributed by atoms with van der Waals surface area (Å²) in [6, 6.07) is 23.1. The van der Waals surface area contributed by atoms with Gasteiger partial charge >= 0.3 is 0 Å². The molecular formula is C27H27N3O3. The van der Waals surface area contributed by atoms with Crippen LogP contribution in [0.5, 0.6) is 0 Å². The molecule has 168 valence electrons. The number of aromatic nitrogens is 2. The lowest BCUT2D eigenvalue weighted by molar-refractivity contribution is 0.0790. The SMILES string of the molecule is Cc1cccc(Cn2cccc(C(=O)N(C)CCCc3cc(-c4ccccc4)no3)c2=O)c1. The van der Waals surface area contributed by atoms with Crippen molar-refractivity contribution < 1.29 is 9.32 Å². The van der Waals surface area contributed by atoms with Crippen molar-refractivity contribution in [2.24, 2.45) is 0 Å². The molecule has 1 amide bonds. The van der Waals surface area contributed by atoms with Gasteiger partial charge in [0, 0.05) is 37.8 Å². The molecule has 0 saturated heterocycles. The molecule has 0 N–H and O–H groups in total. The molecular weight excluding hydrogens is 414 g/mol. The summed E-state index contributed by atoms with van der Waals surface area (Å²) in [6.07, 6.45) is 3.08. The van der Waals surface area contributed by atoms with Crippen LogP contribution >= 0.6 is 0 Å². The number of amides is 1. The fraction of sp³-hybridized carbons (Fsp3) is 0.222. The molecule has 0 radical (unpaired) electrons. The fourth-order valence-corrected chi connectivity index (χ4v) is 3.80. The monoisotopic (exact) mass is 441 g/mol. The lowest BCUT2D eigenvalue weighted by Crippen LogP contribution is -2.35. The minimum atomic E-state index is -0.279. The first kappa shape index (κ1) is 22.3. The van der Waals surface area contributed by atoms with Crippen molar-refractivity contribution in [3.63, 3.8) is 0 Å². The van der Waals surface area contributed by atoms with E-state index in [4.69, 9.17) is 4.52 Å². The molecule has 6 heteroatoms. The number of rotatable bonds is 8. The lowest BCUT2D eigenvalue weighted by Gasteiger charge is -2.17. The molecule has 0 aliphatic rings. The van der Waals surface area contributed by atoms with Crippen LogP contribution in [0.3, 0.4) is 0 Å². The van der Waals surface area contributed by atoms with Crippen molar-refractivity contribution in [2.75, 3.05) is 13.6 Å². The minimum Gasteiger partial charge on any atom is -0.361 e. The summed E-state index contributed by atoms with van der Waals surface area (Å²) in [5, 5.41) is 4.13. The summed E-state index contributed by atoms with van der Waals surface area (Å²) >= 11 is 0. The highest BCUT2D eigenvalue weighted by molar-refractivity contribution is 5.93. The normalized spacial score (nSPS) is 10.8. The highest BCUT2D eigenvalue weighted by Gasteiger charge is 2.17. The summed E-state index contributed by atoms with van der Waals surface area (Å²) < 4.78 is 7.02. The van der Waals surface area contributed by atoms with Crippen molar-refractivity contribution in [1.82, 2.24) is 14.6 Å². The van der Waals surface area contributed by atoms with Crippen molar-refractivity contribution in [2.45, 2.75) is 26.3 Å². The van der Waals surface area contributed by atoms with Gasteiger partial charge in [-0.15, -0.1) is 0 Å². The molecule has 0 unspecified atom stereocenters. The smallest absolute Gasteiger partial charge is 0.263 e. The van der Waals surface area contributed by atoms with Crippen molar-refractivity contribution in [3.05, 3.63) is 112 Å². The van der Waals surface area contributed by atoms with Crippen molar-refractivity contribution in [3.8, 4) is 11.3 Å². The molecule has 4 rings (SSSR count). The zero-order valence-corrected chi connectivity index (χ0v) is 18.9. The summed E-state index contributed by atoms with van der Waals surface area (Å²) in [7, 11) is 1.72. The van der Waals surface area contributed by atoms with Gasteiger partial charge in [0.05, 0.1) is 6.54 Å². The third-order valence-corrected chi connectivity index (χ3v) is 5.58. The van der Waals surface area contributed by atoms with E-state index in [1.807, 2.05) is 67.6 Å². The van der Waals surface area contributed by atoms with Gasteiger partial charge in [-0.2, -0.15) is 0 Å². The molecule has 0 fully saturated rings. The molecule has 0 aliphatic heterocycles. The standard InChI is InChI=1S/C27H27N3O3/c1-20-9-6-10-21(17-20)19-30-16-8-14-24(27(30)32)26(31)29(2)15-7-13-23-18-25(28-33-23)22-11-4-3-5-12-22/h3-6,8-12,14,16-18H,7,13,15,19H2,1-2H3. The number of hydrogen-bond acceptors (Lipinski definition) is 4. The Kier molecular flexibility index (Phi) is 6.83. The maximum atomic E-state index is 12.9. The van der Waals surface area contributed by atoms with Gasteiger partial charge in [0.25, 0.3) is 11.5 Å². The van der Waals surface area contributed by atoms with Crippen LogP contribution in [0.25, 0.3) is 11.3 Å². The van der Waals surface area contributed by atoms with E-state index in [2.05, 4.69) is 5.16 Å². The van der Waals surface area contributed by atoms with Gasteiger partial charge in [0.1, 0.15) is 17.0 Å². The third-order valence-electron chi connectivity index (χ3n) is 5.58. The first-order valence-corrected chi connectivity index (χ1v) is 11.0. The number of benzene rings is 2. The minimum absolute atomic E-state index is 0.179. The van der Waals surface area contributed by atoms with Gasteiger partial charge < -0.3 is 14.0 Å². The average Bonchev–Trinajstić information content (AvgIpc) is 3.29. The van der Waals surface area contributed by atoms with E-state index in [1.54, 1.807) is 34.8 Å². The molecule has 0 saturated carbocycles. The molecule has 0 aliphatic carbocycles. The first-order valence-electron chi connectivity index (χ1n) is 11.0. The predicted molar refractivity (Wildman–Crippen MR) is 128 cm³/mol. The Labute approximate surface area is 193 Å². The number of aryl methyl sites for hydroxylation is 2. The Hall–Kier alpha value is -3.93. The summed E-state index contributed by atoms with van der Waals surface area (Å²) in [5.74, 6) is 0.496. The van der Waals surface area contributed by atoms with Gasteiger partial charge in [-0.05, 0) is 31.0 Å². The van der Waals surface area contributed by atoms with E-state index in [0.29, 0.717) is 25.9 Å². The molecule has 2 heterocycles. The number of pyridine rings is 1. The molecule has 2 aromatic carbocycles. The third kappa shape index (κ3) is 5.47. The quantitative estimate of drug-likeness (QED) is 0.402. The second kappa shape index (κ2) is 10.1. The largest absolute Gasteiger partial charge is 0.361 e. The van der Waals surface area contributed by atoms with Gasteiger partial charge in [0.15, 0.2) is 0 Å². The van der Waals surface area contributed by atoms with E-state index >= 15 is 0 Å². The zero-order chi connectivity index (χ0) is 23.2. The molecule has 0 spiro atoms. The maximum Gasteiger partial charge on any atom is 0.263 e. The predicted octanol–water partition coefficient (Wildman–Crippen LogP) is 4.56. The number of carbonyl (C=O) groups excluding carboxylic acids is 1. The van der Waals surface area contributed by atoms with Crippen molar-refractivity contribution in [1.29, 1.82) is 0 Å². The Morgan fingerprint density at radius 2 is 1.85 bits per heavy atom. The maximum absolute atomic E-state index is 12.9.